The second-order valence-corrected chi connectivity index (χ2v) is 12.0. The molecule has 2 aromatic carbocycles. The molecule has 2 atom stereocenters. The van der Waals surface area contributed by atoms with Gasteiger partial charge < -0.3 is 24.7 Å². The Hall–Kier alpha value is -3.92. The van der Waals surface area contributed by atoms with E-state index in [0.29, 0.717) is 48.6 Å². The van der Waals surface area contributed by atoms with E-state index in [2.05, 4.69) is 20.2 Å². The first-order valence-electron chi connectivity index (χ1n) is 14.3. The van der Waals surface area contributed by atoms with Gasteiger partial charge in [-0.2, -0.15) is 0 Å². The van der Waals surface area contributed by atoms with Gasteiger partial charge in [-0.15, -0.1) is 0 Å². The number of hydrogen-bond acceptors (Lipinski definition) is 6. The molecule has 2 amide bonds. The third kappa shape index (κ3) is 7.28. The Morgan fingerprint density at radius 1 is 1.14 bits per heavy atom. The summed E-state index contributed by atoms with van der Waals surface area (Å²) in [7, 11) is 1.57. The van der Waals surface area contributed by atoms with Gasteiger partial charge in [-0.05, 0) is 83.4 Å². The fourth-order valence-electron chi connectivity index (χ4n) is 5.14. The zero-order valence-corrected chi connectivity index (χ0v) is 25.8. The predicted molar refractivity (Wildman–Crippen MR) is 160 cm³/mol. The Bertz CT molecular complexity index is 1450. The molecule has 3 aromatic rings. The van der Waals surface area contributed by atoms with Crippen LogP contribution in [0.1, 0.15) is 66.7 Å². The van der Waals surface area contributed by atoms with Gasteiger partial charge in [0.2, 0.25) is 0 Å². The number of benzene rings is 2. The average Bonchev–Trinajstić information content (AvgIpc) is 3.34. The van der Waals surface area contributed by atoms with Crippen molar-refractivity contribution in [1.82, 2.24) is 25.1 Å². The Balaban J connectivity index is 1.64. The molecule has 0 radical (unpaired) electrons. The van der Waals surface area contributed by atoms with Crippen LogP contribution in [0.5, 0.6) is 5.75 Å². The molecule has 1 aromatic heterocycles. The van der Waals surface area contributed by atoms with Crippen LogP contribution in [0.3, 0.4) is 0 Å². The van der Waals surface area contributed by atoms with Crippen molar-refractivity contribution in [3.8, 4) is 17.0 Å². The first-order valence-corrected chi connectivity index (χ1v) is 14.3. The number of aryl methyl sites for hydroxylation is 3. The number of carbonyl (C=O) groups excluding carboxylic acids is 2. The van der Waals surface area contributed by atoms with Crippen LogP contribution in [0.25, 0.3) is 11.3 Å². The zero-order valence-electron chi connectivity index (χ0n) is 25.8. The van der Waals surface area contributed by atoms with Crippen LogP contribution >= 0.6 is 0 Å². The number of halogens is 1. The average molecular weight is 580 g/mol. The van der Waals surface area contributed by atoms with Gasteiger partial charge in [0.25, 0.3) is 5.91 Å². The smallest absolute Gasteiger partial charge is 0.410 e. The molecule has 10 heteroatoms. The molecule has 226 valence electrons. The number of aromatic nitrogens is 2. The maximum Gasteiger partial charge on any atom is 0.410 e. The van der Waals surface area contributed by atoms with Crippen molar-refractivity contribution < 1.29 is 23.5 Å². The Morgan fingerprint density at radius 3 is 2.48 bits per heavy atom. The first kappa shape index (κ1) is 31.0. The van der Waals surface area contributed by atoms with E-state index in [4.69, 9.17) is 9.47 Å². The van der Waals surface area contributed by atoms with Gasteiger partial charge in [0.05, 0.1) is 17.5 Å². The monoisotopic (exact) mass is 579 g/mol. The van der Waals surface area contributed by atoms with Crippen molar-refractivity contribution in [2.75, 3.05) is 33.2 Å². The summed E-state index contributed by atoms with van der Waals surface area (Å²) >= 11 is 0. The molecule has 2 heterocycles. The first-order chi connectivity index (χ1) is 19.8. The van der Waals surface area contributed by atoms with E-state index in [-0.39, 0.29) is 23.9 Å². The second-order valence-electron chi connectivity index (χ2n) is 12.0. The Labute approximate surface area is 247 Å². The number of imidazole rings is 1. The van der Waals surface area contributed by atoms with E-state index in [9.17, 15) is 14.0 Å². The molecule has 42 heavy (non-hydrogen) atoms. The van der Waals surface area contributed by atoms with Crippen LogP contribution in [-0.2, 0) is 4.74 Å². The summed E-state index contributed by atoms with van der Waals surface area (Å²) < 4.78 is 27.0. The van der Waals surface area contributed by atoms with Crippen molar-refractivity contribution in [2.24, 2.45) is 0 Å². The van der Waals surface area contributed by atoms with E-state index < -0.39 is 11.7 Å². The predicted octanol–water partition coefficient (Wildman–Crippen LogP) is 5.56. The van der Waals surface area contributed by atoms with Gasteiger partial charge >= 0.3 is 6.09 Å². The fourth-order valence-corrected chi connectivity index (χ4v) is 5.14. The minimum atomic E-state index is -0.580. The maximum absolute atomic E-state index is 14.8. The molecule has 9 nitrogen and oxygen atoms in total. The van der Waals surface area contributed by atoms with Gasteiger partial charge in [0, 0.05) is 44.8 Å². The lowest BCUT2D eigenvalue weighted by Gasteiger charge is -2.41. The summed E-state index contributed by atoms with van der Waals surface area (Å²) in [5.41, 5.74) is 3.53. The van der Waals surface area contributed by atoms with Gasteiger partial charge in [0.1, 0.15) is 29.1 Å². The zero-order chi connectivity index (χ0) is 30.8. The van der Waals surface area contributed by atoms with E-state index in [1.54, 1.807) is 37.2 Å². The van der Waals surface area contributed by atoms with E-state index in [1.165, 1.54) is 6.07 Å². The number of ether oxygens (including phenoxy) is 2. The highest BCUT2D eigenvalue weighted by Crippen LogP contribution is 2.34. The number of nitrogens with one attached hydrogen (secondary N) is 2. The van der Waals surface area contributed by atoms with Gasteiger partial charge in [0.15, 0.2) is 0 Å². The number of rotatable bonds is 7. The minimum Gasteiger partial charge on any atom is -0.484 e. The number of piperazine rings is 1. The van der Waals surface area contributed by atoms with Crippen LogP contribution in [0, 0.1) is 26.6 Å². The third-order valence-electron chi connectivity index (χ3n) is 7.39. The molecular formula is C32H42FN5O4. The lowest BCUT2D eigenvalue weighted by atomic mass is 10.0. The third-order valence-corrected chi connectivity index (χ3v) is 7.39. The van der Waals surface area contributed by atoms with Crippen LogP contribution in [0.2, 0.25) is 0 Å². The lowest BCUT2D eigenvalue weighted by molar-refractivity contribution is -0.00300. The molecule has 0 aliphatic carbocycles. The highest BCUT2D eigenvalue weighted by atomic mass is 19.1. The molecular weight excluding hydrogens is 537 g/mol. The summed E-state index contributed by atoms with van der Waals surface area (Å²) in [5.74, 6) is 0.555. The fraction of sp³-hybridized carbons (Fsp3) is 0.469. The summed E-state index contributed by atoms with van der Waals surface area (Å²) in [6, 6.07) is 8.64. The molecule has 1 aliphatic heterocycles. The number of H-pyrrole nitrogens is 1. The Kier molecular flexibility index (Phi) is 9.25. The molecule has 1 saturated heterocycles. The maximum atomic E-state index is 14.8. The van der Waals surface area contributed by atoms with Crippen LogP contribution in [0.4, 0.5) is 9.18 Å². The standard InChI is InChI=1S/C32H42FN5O4/c1-19-9-10-23(14-26(19)33)29(18-37-11-12-38(21(3)17-37)31(40)42-32(5,6)7)41-28-13-20(2)24(15-25(28)30(39)34-8)27-16-35-22(4)36-27/h9-10,13-16,21,29H,11-12,17-18H2,1-8H3,(H,34,39)(H,35,36)/t21-,29-/m1/s1. The van der Waals surface area contributed by atoms with E-state index >= 15 is 0 Å². The number of nitrogens with zero attached hydrogens (tertiary/aromatic N) is 3. The van der Waals surface area contributed by atoms with Crippen LogP contribution in [0.15, 0.2) is 36.5 Å². The summed E-state index contributed by atoms with van der Waals surface area (Å²) in [6.45, 7) is 15.2. The van der Waals surface area contributed by atoms with Crippen molar-refractivity contribution in [3.05, 3.63) is 70.4 Å². The number of hydrogen-bond donors (Lipinski definition) is 2. The minimum absolute atomic E-state index is 0.0928. The number of aromatic amines is 1. The van der Waals surface area contributed by atoms with Crippen molar-refractivity contribution in [3.63, 3.8) is 0 Å². The molecule has 2 N–H and O–H groups in total. The molecule has 0 saturated carbocycles. The largest absolute Gasteiger partial charge is 0.484 e. The summed E-state index contributed by atoms with van der Waals surface area (Å²) in [5, 5.41) is 2.71. The molecule has 1 aliphatic rings. The summed E-state index contributed by atoms with van der Waals surface area (Å²) in [4.78, 5) is 37.3. The SMILES string of the molecule is CNC(=O)c1cc(-c2cnc(C)[nH]2)c(C)cc1O[C@H](CN1CCN(C(=O)OC(C)(C)C)[C@H](C)C1)c1ccc(C)c(F)c1. The number of carbonyl (C=O) groups is 2. The van der Waals surface area contributed by atoms with Crippen molar-refractivity contribution >= 4 is 12.0 Å². The molecule has 4 rings (SSSR count). The molecule has 0 spiro atoms. The van der Waals surface area contributed by atoms with Crippen molar-refractivity contribution in [1.29, 1.82) is 0 Å². The second kappa shape index (κ2) is 12.5. The van der Waals surface area contributed by atoms with Gasteiger partial charge in [-0.1, -0.05) is 12.1 Å². The normalized spacial score (nSPS) is 16.7. The molecule has 0 unspecified atom stereocenters. The highest BCUT2D eigenvalue weighted by Gasteiger charge is 2.32. The molecule has 1 fully saturated rings. The topological polar surface area (TPSA) is 99.8 Å². The number of amides is 2. The quantitative estimate of drug-likeness (QED) is 0.380. The summed E-state index contributed by atoms with van der Waals surface area (Å²) in [6.07, 6.45) is 0.826. The van der Waals surface area contributed by atoms with E-state index in [0.717, 1.165) is 22.6 Å². The molecule has 0 bridgehead atoms. The van der Waals surface area contributed by atoms with Crippen molar-refractivity contribution in [2.45, 2.75) is 66.2 Å². The lowest BCUT2D eigenvalue weighted by Crippen LogP contribution is -2.55. The van der Waals surface area contributed by atoms with Gasteiger partial charge in [-0.3, -0.25) is 9.69 Å². The van der Waals surface area contributed by atoms with Crippen LogP contribution < -0.4 is 10.1 Å². The Morgan fingerprint density at radius 2 is 1.88 bits per heavy atom. The van der Waals surface area contributed by atoms with E-state index in [1.807, 2.05) is 53.7 Å². The van der Waals surface area contributed by atoms with Gasteiger partial charge in [-0.25, -0.2) is 14.2 Å². The highest BCUT2D eigenvalue weighted by molar-refractivity contribution is 5.98. The van der Waals surface area contributed by atoms with Crippen LogP contribution in [-0.4, -0.2) is 76.6 Å².